The Balaban J connectivity index is 1.81. The number of nitrogens with one attached hydrogen (secondary N) is 1. The molecule has 2 aromatic rings. The van der Waals surface area contributed by atoms with Crippen LogP contribution in [0.4, 0.5) is 13.2 Å². The van der Waals surface area contributed by atoms with E-state index in [1.165, 1.54) is 24.3 Å². The van der Waals surface area contributed by atoms with Gasteiger partial charge in [-0.15, -0.1) is 0 Å². The Morgan fingerprint density at radius 2 is 1.71 bits per heavy atom. The average Bonchev–Trinajstić information content (AvgIpc) is 2.63. The van der Waals surface area contributed by atoms with Crippen molar-refractivity contribution in [1.82, 2.24) is 5.32 Å². The highest BCUT2D eigenvalue weighted by molar-refractivity contribution is 7.92. The van der Waals surface area contributed by atoms with E-state index < -0.39 is 29.2 Å². The molecule has 1 amide bonds. The van der Waals surface area contributed by atoms with Crippen LogP contribution >= 0.6 is 46.4 Å². The first-order chi connectivity index (χ1) is 14.5. The summed E-state index contributed by atoms with van der Waals surface area (Å²) < 4.78 is 52.0. The van der Waals surface area contributed by atoms with Crippen LogP contribution in [-0.4, -0.2) is 34.2 Å². The molecule has 1 aliphatic heterocycles. The lowest BCUT2D eigenvalue weighted by atomic mass is 9.97. The summed E-state index contributed by atoms with van der Waals surface area (Å²) in [6, 6.07) is 6.35. The van der Waals surface area contributed by atoms with E-state index in [1.807, 2.05) is 0 Å². The van der Waals surface area contributed by atoms with Crippen molar-refractivity contribution in [3.05, 3.63) is 73.2 Å². The first-order valence-corrected chi connectivity index (χ1v) is 11.8. The van der Waals surface area contributed by atoms with Crippen LogP contribution in [0.15, 0.2) is 36.4 Å². The summed E-state index contributed by atoms with van der Waals surface area (Å²) in [5.74, 6) is -1.63. The molecule has 166 valence electrons. The monoisotopic (exact) mass is 529 g/mol. The highest BCUT2D eigenvalue weighted by atomic mass is 35.5. The predicted molar refractivity (Wildman–Crippen MR) is 120 cm³/mol. The van der Waals surface area contributed by atoms with Gasteiger partial charge in [-0.2, -0.15) is 13.2 Å². The van der Waals surface area contributed by atoms with Crippen molar-refractivity contribution in [1.29, 1.82) is 0 Å². The van der Waals surface area contributed by atoms with E-state index in [4.69, 9.17) is 46.4 Å². The van der Waals surface area contributed by atoms with Gasteiger partial charge >= 0.3 is 6.18 Å². The van der Waals surface area contributed by atoms with Crippen molar-refractivity contribution >= 4 is 69.6 Å². The Morgan fingerprint density at radius 3 is 2.23 bits per heavy atom. The Hall–Kier alpha value is -1.09. The number of halogens is 7. The summed E-state index contributed by atoms with van der Waals surface area (Å²) in [6.07, 6.45) is -2.41. The van der Waals surface area contributed by atoms with Crippen LogP contribution < -0.4 is 5.32 Å². The fourth-order valence-electron chi connectivity index (χ4n) is 2.94. The summed E-state index contributed by atoms with van der Waals surface area (Å²) in [7, 11) is 0. The first kappa shape index (κ1) is 24.6. The molecule has 0 saturated carbocycles. The quantitative estimate of drug-likeness (QED) is 0.353. The second-order valence-electron chi connectivity index (χ2n) is 6.86. The number of rotatable bonds is 5. The zero-order valence-corrected chi connectivity index (χ0v) is 19.3. The maximum atomic E-state index is 13.6. The van der Waals surface area contributed by atoms with Crippen molar-refractivity contribution < 1.29 is 22.5 Å². The SMILES string of the molecule is O=C(NC1C[S+]([O-])C1)c1ccc(/C=C/C(c2cc(Cl)c(Cl)c(Cl)c2)C(F)(F)F)cc1Cl. The summed E-state index contributed by atoms with van der Waals surface area (Å²) in [5.41, 5.74) is 0.384. The molecule has 0 aliphatic carbocycles. The number of amides is 1. The van der Waals surface area contributed by atoms with Gasteiger partial charge in [-0.05, 0) is 46.6 Å². The second kappa shape index (κ2) is 9.81. The molecular formula is C20H14Cl4F3NO2S. The van der Waals surface area contributed by atoms with Gasteiger partial charge in [-0.25, -0.2) is 0 Å². The Labute approximate surface area is 199 Å². The van der Waals surface area contributed by atoms with Crippen LogP contribution in [-0.2, 0) is 11.2 Å². The van der Waals surface area contributed by atoms with E-state index in [-0.39, 0.29) is 37.3 Å². The van der Waals surface area contributed by atoms with E-state index in [0.717, 1.165) is 18.2 Å². The molecule has 31 heavy (non-hydrogen) atoms. The topological polar surface area (TPSA) is 52.2 Å². The van der Waals surface area contributed by atoms with Crippen molar-refractivity contribution in [2.45, 2.75) is 18.1 Å². The molecule has 3 nitrogen and oxygen atoms in total. The minimum Gasteiger partial charge on any atom is -0.616 e. The summed E-state index contributed by atoms with van der Waals surface area (Å²) in [6.45, 7) is 0. The summed E-state index contributed by atoms with van der Waals surface area (Å²) in [4.78, 5) is 12.3. The predicted octanol–water partition coefficient (Wildman–Crippen LogP) is 6.52. The molecule has 0 bridgehead atoms. The molecule has 1 N–H and O–H groups in total. The fraction of sp³-hybridized carbons (Fsp3) is 0.250. The smallest absolute Gasteiger partial charge is 0.399 e. The first-order valence-electron chi connectivity index (χ1n) is 8.80. The van der Waals surface area contributed by atoms with Crippen LogP contribution in [0.5, 0.6) is 0 Å². The molecule has 3 rings (SSSR count). The van der Waals surface area contributed by atoms with Crippen LogP contribution in [0, 0.1) is 0 Å². The summed E-state index contributed by atoms with van der Waals surface area (Å²) >= 11 is 22.8. The van der Waals surface area contributed by atoms with Gasteiger partial charge in [0, 0.05) is 0 Å². The standard InChI is InChI=1S/C20H14Cl4F3NO2S/c21-15-5-10(1-3-13(15)19(29)28-12-8-31(30)9-12)2-4-14(20(25,26)27)11-6-16(22)18(24)17(23)7-11/h1-7,12,14H,8-9H2,(H,28,29)/b4-2+. The molecule has 1 atom stereocenters. The van der Waals surface area contributed by atoms with Crippen LogP contribution in [0.3, 0.4) is 0 Å². The highest BCUT2D eigenvalue weighted by Crippen LogP contribution is 2.41. The number of alkyl halides is 3. The van der Waals surface area contributed by atoms with Crippen LogP contribution in [0.1, 0.15) is 27.4 Å². The van der Waals surface area contributed by atoms with Crippen molar-refractivity contribution in [2.75, 3.05) is 11.5 Å². The largest absolute Gasteiger partial charge is 0.616 e. The zero-order chi connectivity index (χ0) is 22.9. The lowest BCUT2D eigenvalue weighted by Gasteiger charge is -2.29. The molecular weight excluding hydrogens is 517 g/mol. The number of hydrogen-bond acceptors (Lipinski definition) is 2. The van der Waals surface area contributed by atoms with E-state index >= 15 is 0 Å². The molecule has 1 fully saturated rings. The molecule has 2 aromatic carbocycles. The molecule has 0 radical (unpaired) electrons. The van der Waals surface area contributed by atoms with Crippen LogP contribution in [0.25, 0.3) is 6.08 Å². The fourth-order valence-corrected chi connectivity index (χ4v) is 4.79. The van der Waals surface area contributed by atoms with Gasteiger partial charge in [0.1, 0.15) is 17.5 Å². The average molecular weight is 531 g/mol. The maximum Gasteiger partial charge on any atom is 0.399 e. The number of allylic oxidation sites excluding steroid dienone is 1. The van der Waals surface area contributed by atoms with Gasteiger partial charge in [0.05, 0.1) is 31.6 Å². The summed E-state index contributed by atoms with van der Waals surface area (Å²) in [5, 5.41) is 2.61. The number of carbonyl (C=O) groups is 1. The van der Waals surface area contributed by atoms with Gasteiger partial charge in [0.25, 0.3) is 5.91 Å². The van der Waals surface area contributed by atoms with E-state index in [2.05, 4.69) is 5.32 Å². The van der Waals surface area contributed by atoms with Gasteiger partial charge in [-0.1, -0.05) is 64.6 Å². The molecule has 0 spiro atoms. The van der Waals surface area contributed by atoms with Crippen molar-refractivity contribution in [2.24, 2.45) is 0 Å². The second-order valence-corrected chi connectivity index (χ2v) is 10.0. The third kappa shape index (κ3) is 6.03. The third-order valence-corrected chi connectivity index (χ3v) is 7.60. The minimum atomic E-state index is -4.61. The molecule has 1 unspecified atom stereocenters. The Bertz CT molecular complexity index is 1000. The van der Waals surface area contributed by atoms with E-state index in [0.29, 0.717) is 17.1 Å². The molecule has 0 aromatic heterocycles. The molecule has 11 heteroatoms. The zero-order valence-electron chi connectivity index (χ0n) is 15.5. The lowest BCUT2D eigenvalue weighted by molar-refractivity contribution is -0.139. The molecule has 1 saturated heterocycles. The number of carbonyl (C=O) groups excluding carboxylic acids is 1. The van der Waals surface area contributed by atoms with Gasteiger partial charge < -0.3 is 9.87 Å². The molecule has 1 heterocycles. The van der Waals surface area contributed by atoms with Gasteiger partial charge in [0.15, 0.2) is 0 Å². The number of benzene rings is 2. The molecule has 1 aliphatic rings. The van der Waals surface area contributed by atoms with E-state index in [1.54, 1.807) is 0 Å². The van der Waals surface area contributed by atoms with E-state index in [9.17, 15) is 22.5 Å². The Morgan fingerprint density at radius 1 is 1.10 bits per heavy atom. The number of hydrogen-bond donors (Lipinski definition) is 1. The van der Waals surface area contributed by atoms with Crippen LogP contribution in [0.2, 0.25) is 20.1 Å². The maximum absolute atomic E-state index is 13.6. The van der Waals surface area contributed by atoms with Gasteiger partial charge in [-0.3, -0.25) is 4.79 Å². The normalized spacial score (nSPS) is 19.9. The Kier molecular flexibility index (Phi) is 7.77. The third-order valence-electron chi connectivity index (χ3n) is 4.55. The van der Waals surface area contributed by atoms with Gasteiger partial charge in [0.2, 0.25) is 0 Å². The minimum absolute atomic E-state index is 0.0224. The van der Waals surface area contributed by atoms with Crippen molar-refractivity contribution in [3.63, 3.8) is 0 Å². The van der Waals surface area contributed by atoms with Crippen molar-refractivity contribution in [3.8, 4) is 0 Å². The highest BCUT2D eigenvalue weighted by Gasteiger charge is 2.39. The lowest BCUT2D eigenvalue weighted by Crippen LogP contribution is -2.52.